The minimum absolute atomic E-state index is 0.127. The van der Waals surface area contributed by atoms with E-state index in [0.717, 1.165) is 11.8 Å². The molecule has 16 heavy (non-hydrogen) atoms. The number of rotatable bonds is 7. The second-order valence-electron chi connectivity index (χ2n) is 4.71. The predicted octanol–water partition coefficient (Wildman–Crippen LogP) is 4.40. The van der Waals surface area contributed by atoms with Gasteiger partial charge in [-0.3, -0.25) is 0 Å². The van der Waals surface area contributed by atoms with Gasteiger partial charge in [0.05, 0.1) is 0 Å². The topological polar surface area (TPSA) is 9.23 Å². The predicted molar refractivity (Wildman–Crippen MR) is 62.8 cm³/mol. The lowest BCUT2D eigenvalue weighted by Crippen LogP contribution is -2.26. The molecule has 0 fully saturated rings. The monoisotopic (exact) mass is 304 g/mol. The third-order valence-electron chi connectivity index (χ3n) is 3.00. The number of ether oxygens (including phenoxy) is 1. The van der Waals surface area contributed by atoms with Crippen LogP contribution in [0.5, 0.6) is 0 Å². The van der Waals surface area contributed by atoms with Crippen molar-refractivity contribution in [3.05, 3.63) is 0 Å². The van der Waals surface area contributed by atoms with Crippen LogP contribution in [0.2, 0.25) is 0 Å². The highest BCUT2D eigenvalue weighted by molar-refractivity contribution is 9.09. The maximum absolute atomic E-state index is 11.8. The van der Waals surface area contributed by atoms with Gasteiger partial charge in [-0.2, -0.15) is 13.2 Å². The lowest BCUT2D eigenvalue weighted by Gasteiger charge is -2.31. The first-order valence-electron chi connectivity index (χ1n) is 5.42. The molecule has 0 aliphatic carbocycles. The lowest BCUT2D eigenvalue weighted by atomic mass is 9.77. The smallest absolute Gasteiger partial charge is 0.372 e. The minimum atomic E-state index is -4.21. The summed E-state index contributed by atoms with van der Waals surface area (Å²) >= 11 is 3.45. The standard InChI is InChI=1S/C11H20BrF3O/c1-9(2)10(3,7-12)5-4-6-16-8-11(13,14)15/h9H,4-8H2,1-3H3. The van der Waals surface area contributed by atoms with Crippen molar-refractivity contribution in [1.82, 2.24) is 0 Å². The van der Waals surface area contributed by atoms with Crippen LogP contribution in [-0.4, -0.2) is 24.7 Å². The molecule has 0 heterocycles. The molecule has 0 aliphatic rings. The summed E-state index contributed by atoms with van der Waals surface area (Å²) in [7, 11) is 0. The number of hydrogen-bond donors (Lipinski definition) is 0. The third-order valence-corrected chi connectivity index (χ3v) is 4.28. The van der Waals surface area contributed by atoms with Gasteiger partial charge in [-0.15, -0.1) is 0 Å². The van der Waals surface area contributed by atoms with Crippen LogP contribution in [0, 0.1) is 11.3 Å². The molecule has 1 nitrogen and oxygen atoms in total. The highest BCUT2D eigenvalue weighted by Crippen LogP contribution is 2.34. The Bertz CT molecular complexity index is 194. The summed E-state index contributed by atoms with van der Waals surface area (Å²) in [4.78, 5) is 0. The van der Waals surface area contributed by atoms with E-state index in [9.17, 15) is 13.2 Å². The van der Waals surface area contributed by atoms with Crippen molar-refractivity contribution in [2.75, 3.05) is 18.5 Å². The Balaban J connectivity index is 3.73. The highest BCUT2D eigenvalue weighted by atomic mass is 79.9. The van der Waals surface area contributed by atoms with Crippen LogP contribution in [0.15, 0.2) is 0 Å². The average molecular weight is 305 g/mol. The zero-order valence-electron chi connectivity index (χ0n) is 10.0. The molecule has 0 aromatic heterocycles. The van der Waals surface area contributed by atoms with Crippen LogP contribution in [0.3, 0.4) is 0 Å². The van der Waals surface area contributed by atoms with Crippen LogP contribution in [0.4, 0.5) is 13.2 Å². The Morgan fingerprint density at radius 3 is 2.19 bits per heavy atom. The van der Waals surface area contributed by atoms with Gasteiger partial charge in [-0.25, -0.2) is 0 Å². The zero-order valence-corrected chi connectivity index (χ0v) is 11.6. The van der Waals surface area contributed by atoms with E-state index in [-0.39, 0.29) is 12.0 Å². The van der Waals surface area contributed by atoms with E-state index in [1.165, 1.54) is 0 Å². The Morgan fingerprint density at radius 2 is 1.81 bits per heavy atom. The van der Waals surface area contributed by atoms with Gasteiger partial charge in [0.25, 0.3) is 0 Å². The van der Waals surface area contributed by atoms with E-state index < -0.39 is 12.8 Å². The number of alkyl halides is 4. The molecule has 0 saturated heterocycles. The number of halogens is 4. The Hall–Kier alpha value is 0.230. The molecule has 1 atom stereocenters. The first-order chi connectivity index (χ1) is 7.21. The van der Waals surface area contributed by atoms with Crippen molar-refractivity contribution in [3.8, 4) is 0 Å². The lowest BCUT2D eigenvalue weighted by molar-refractivity contribution is -0.174. The number of hydrogen-bond acceptors (Lipinski definition) is 1. The van der Waals surface area contributed by atoms with Gasteiger partial charge in [-0.05, 0) is 24.2 Å². The molecule has 1 unspecified atom stereocenters. The fourth-order valence-electron chi connectivity index (χ4n) is 1.28. The third kappa shape index (κ3) is 6.74. The van der Waals surface area contributed by atoms with Crippen LogP contribution in [-0.2, 0) is 4.74 Å². The van der Waals surface area contributed by atoms with Gasteiger partial charge in [0.1, 0.15) is 6.61 Å². The van der Waals surface area contributed by atoms with Crippen LogP contribution in [0.25, 0.3) is 0 Å². The van der Waals surface area contributed by atoms with E-state index in [1.54, 1.807) is 0 Å². The molecule has 0 aromatic carbocycles. The van der Waals surface area contributed by atoms with E-state index in [2.05, 4.69) is 41.4 Å². The summed E-state index contributed by atoms with van der Waals surface area (Å²) in [6, 6.07) is 0. The molecule has 5 heteroatoms. The van der Waals surface area contributed by atoms with Crippen molar-refractivity contribution < 1.29 is 17.9 Å². The second kappa shape index (κ2) is 6.84. The summed E-state index contributed by atoms with van der Waals surface area (Å²) in [6.45, 7) is 5.42. The molecular formula is C11H20BrF3O. The van der Waals surface area contributed by atoms with Crippen molar-refractivity contribution in [3.63, 3.8) is 0 Å². The van der Waals surface area contributed by atoms with E-state index in [1.807, 2.05) is 0 Å². The van der Waals surface area contributed by atoms with Gasteiger partial charge < -0.3 is 4.74 Å². The summed E-state index contributed by atoms with van der Waals surface area (Å²) < 4.78 is 39.9. The molecular weight excluding hydrogens is 285 g/mol. The Labute approximate surface area is 104 Å². The summed E-state index contributed by atoms with van der Waals surface area (Å²) in [6.07, 6.45) is -2.68. The van der Waals surface area contributed by atoms with Crippen molar-refractivity contribution >= 4 is 15.9 Å². The molecule has 0 rings (SSSR count). The van der Waals surface area contributed by atoms with E-state index in [0.29, 0.717) is 12.3 Å². The zero-order chi connectivity index (χ0) is 12.8. The molecule has 0 aliphatic heterocycles. The largest absolute Gasteiger partial charge is 0.411 e. The van der Waals surface area contributed by atoms with Crippen molar-refractivity contribution in [2.24, 2.45) is 11.3 Å². The quantitative estimate of drug-likeness (QED) is 0.500. The SMILES string of the molecule is CC(C)C(C)(CBr)CCCOCC(F)(F)F. The molecule has 0 bridgehead atoms. The maximum Gasteiger partial charge on any atom is 0.411 e. The van der Waals surface area contributed by atoms with Crippen LogP contribution < -0.4 is 0 Å². The first-order valence-corrected chi connectivity index (χ1v) is 6.54. The normalized spacial score (nSPS) is 16.5. The Kier molecular flexibility index (Phi) is 6.94. The minimum Gasteiger partial charge on any atom is -0.372 e. The molecule has 0 aromatic rings. The molecule has 0 saturated carbocycles. The molecule has 98 valence electrons. The summed E-state index contributed by atoms with van der Waals surface area (Å²) in [5.41, 5.74) is 0.127. The fourth-order valence-corrected chi connectivity index (χ4v) is 2.20. The van der Waals surface area contributed by atoms with Gasteiger partial charge in [0.15, 0.2) is 0 Å². The van der Waals surface area contributed by atoms with Gasteiger partial charge in [-0.1, -0.05) is 36.7 Å². The van der Waals surface area contributed by atoms with Crippen LogP contribution in [0.1, 0.15) is 33.6 Å². The maximum atomic E-state index is 11.8. The van der Waals surface area contributed by atoms with Crippen molar-refractivity contribution in [2.45, 2.75) is 39.8 Å². The first kappa shape index (κ1) is 16.2. The van der Waals surface area contributed by atoms with E-state index in [4.69, 9.17) is 0 Å². The summed E-state index contributed by atoms with van der Waals surface area (Å²) in [5, 5.41) is 0.858. The molecule has 0 radical (unpaired) electrons. The highest BCUT2D eigenvalue weighted by Gasteiger charge is 2.28. The molecule has 0 amide bonds. The van der Waals surface area contributed by atoms with Gasteiger partial charge in [0, 0.05) is 11.9 Å². The van der Waals surface area contributed by atoms with Gasteiger partial charge >= 0.3 is 6.18 Å². The molecule has 0 N–H and O–H groups in total. The average Bonchev–Trinajstić information content (AvgIpc) is 2.14. The van der Waals surface area contributed by atoms with Crippen LogP contribution >= 0.6 is 15.9 Å². The molecule has 0 spiro atoms. The van der Waals surface area contributed by atoms with Crippen molar-refractivity contribution in [1.29, 1.82) is 0 Å². The second-order valence-corrected chi connectivity index (χ2v) is 5.27. The van der Waals surface area contributed by atoms with E-state index >= 15 is 0 Å². The summed E-state index contributed by atoms with van der Waals surface area (Å²) in [5.74, 6) is 0.495. The fraction of sp³-hybridized carbons (Fsp3) is 1.00. The van der Waals surface area contributed by atoms with Gasteiger partial charge in [0.2, 0.25) is 0 Å². The Morgan fingerprint density at radius 1 is 1.25 bits per heavy atom.